The van der Waals surface area contributed by atoms with E-state index in [1.165, 1.54) is 18.2 Å². The van der Waals surface area contributed by atoms with E-state index in [0.717, 1.165) is 5.56 Å². The maximum atomic E-state index is 13.4. The van der Waals surface area contributed by atoms with E-state index in [9.17, 15) is 14.0 Å². The fourth-order valence-electron chi connectivity index (χ4n) is 4.11. The van der Waals surface area contributed by atoms with Gasteiger partial charge in [-0.15, -0.1) is 5.10 Å². The quantitative estimate of drug-likeness (QED) is 0.631. The van der Waals surface area contributed by atoms with E-state index < -0.39 is 5.82 Å². The van der Waals surface area contributed by atoms with Crippen LogP contribution in [0.3, 0.4) is 0 Å². The molecule has 0 spiro atoms. The smallest absolute Gasteiger partial charge is 0.276 e. The lowest BCUT2D eigenvalue weighted by molar-refractivity contribution is -0.00202. The molecular formula is C23H22FN5O3. The van der Waals surface area contributed by atoms with E-state index in [-0.39, 0.29) is 24.5 Å². The van der Waals surface area contributed by atoms with Crippen LogP contribution >= 0.6 is 0 Å². The van der Waals surface area contributed by atoms with Crippen LogP contribution in [0.25, 0.3) is 0 Å². The van der Waals surface area contributed by atoms with Crippen LogP contribution in [-0.4, -0.2) is 62.8 Å². The minimum atomic E-state index is -0.446. The summed E-state index contributed by atoms with van der Waals surface area (Å²) in [6.07, 6.45) is -0.134. The zero-order chi connectivity index (χ0) is 22.1. The number of piperazine rings is 1. The summed E-state index contributed by atoms with van der Waals surface area (Å²) in [5.41, 5.74) is 2.32. The van der Waals surface area contributed by atoms with Gasteiger partial charge >= 0.3 is 0 Å². The number of hydrogen-bond donors (Lipinski definition) is 0. The minimum Gasteiger partial charge on any atom is -0.365 e. The van der Waals surface area contributed by atoms with Crippen molar-refractivity contribution in [3.8, 4) is 0 Å². The van der Waals surface area contributed by atoms with Gasteiger partial charge in [-0.25, -0.2) is 9.07 Å². The van der Waals surface area contributed by atoms with Gasteiger partial charge < -0.3 is 14.5 Å². The van der Waals surface area contributed by atoms with Crippen LogP contribution in [0.5, 0.6) is 0 Å². The van der Waals surface area contributed by atoms with E-state index in [0.29, 0.717) is 49.7 Å². The van der Waals surface area contributed by atoms with Gasteiger partial charge in [0.15, 0.2) is 5.69 Å². The molecule has 2 aliphatic rings. The van der Waals surface area contributed by atoms with Crippen molar-refractivity contribution in [2.24, 2.45) is 0 Å². The molecule has 1 aromatic heterocycles. The molecule has 3 aromatic rings. The second-order valence-electron chi connectivity index (χ2n) is 7.87. The topological polar surface area (TPSA) is 80.6 Å². The van der Waals surface area contributed by atoms with Crippen molar-refractivity contribution in [3.05, 3.63) is 82.9 Å². The highest BCUT2D eigenvalue weighted by Gasteiger charge is 2.32. The van der Waals surface area contributed by atoms with Crippen LogP contribution < -0.4 is 0 Å². The number of aromatic nitrogens is 3. The van der Waals surface area contributed by atoms with E-state index >= 15 is 0 Å². The second-order valence-corrected chi connectivity index (χ2v) is 7.87. The van der Waals surface area contributed by atoms with Gasteiger partial charge in [0, 0.05) is 31.7 Å². The maximum absolute atomic E-state index is 13.4. The fraction of sp³-hybridized carbons (Fsp3) is 0.304. The van der Waals surface area contributed by atoms with Crippen molar-refractivity contribution in [2.45, 2.75) is 19.3 Å². The molecule has 9 heteroatoms. The van der Waals surface area contributed by atoms with Crippen molar-refractivity contribution in [1.82, 2.24) is 24.8 Å². The predicted molar refractivity (Wildman–Crippen MR) is 112 cm³/mol. The number of carbonyl (C=O) groups is 2. The summed E-state index contributed by atoms with van der Waals surface area (Å²) in [4.78, 5) is 29.0. The number of nitrogens with zero attached hydrogens (tertiary/aromatic N) is 5. The van der Waals surface area contributed by atoms with Crippen LogP contribution in [0, 0.1) is 5.82 Å². The molecule has 1 unspecified atom stereocenters. The van der Waals surface area contributed by atoms with Crippen molar-refractivity contribution < 1.29 is 18.7 Å². The van der Waals surface area contributed by atoms with Gasteiger partial charge in [-0.05, 0) is 23.8 Å². The molecule has 0 N–H and O–H groups in total. The van der Waals surface area contributed by atoms with Crippen LogP contribution in [0.4, 0.5) is 4.39 Å². The third kappa shape index (κ3) is 3.87. The summed E-state index contributed by atoms with van der Waals surface area (Å²) >= 11 is 0. The van der Waals surface area contributed by atoms with Crippen LogP contribution in [0.1, 0.15) is 38.2 Å². The summed E-state index contributed by atoms with van der Waals surface area (Å²) < 4.78 is 21.1. The molecule has 1 saturated heterocycles. The minimum absolute atomic E-state index is 0.134. The average molecular weight is 435 g/mol. The lowest BCUT2D eigenvalue weighted by Crippen LogP contribution is -2.50. The summed E-state index contributed by atoms with van der Waals surface area (Å²) in [5.74, 6) is -0.901. The fourth-order valence-corrected chi connectivity index (χ4v) is 4.11. The Labute approximate surface area is 184 Å². The maximum Gasteiger partial charge on any atom is 0.276 e. The molecule has 8 nitrogen and oxygen atoms in total. The molecule has 2 aromatic carbocycles. The third-order valence-corrected chi connectivity index (χ3v) is 5.90. The SMILES string of the molecule is O=C(c1cccc(F)c1)N1CCN(C(=O)c2nnn3c2COC(c2ccccc2)C3)CC1. The highest BCUT2D eigenvalue weighted by Crippen LogP contribution is 2.27. The third-order valence-electron chi connectivity index (χ3n) is 5.90. The zero-order valence-electron chi connectivity index (χ0n) is 17.4. The Balaban J connectivity index is 1.23. The summed E-state index contributed by atoms with van der Waals surface area (Å²) in [7, 11) is 0. The molecule has 2 amide bonds. The van der Waals surface area contributed by atoms with E-state index in [1.54, 1.807) is 20.5 Å². The second kappa shape index (κ2) is 8.51. The Morgan fingerprint density at radius 1 is 0.938 bits per heavy atom. The first kappa shape index (κ1) is 20.3. The van der Waals surface area contributed by atoms with Gasteiger partial charge in [-0.1, -0.05) is 41.6 Å². The molecule has 3 heterocycles. The number of ether oxygens (including phenoxy) is 1. The molecule has 1 fully saturated rings. The first-order valence-electron chi connectivity index (χ1n) is 10.5. The zero-order valence-corrected chi connectivity index (χ0v) is 17.4. The monoisotopic (exact) mass is 435 g/mol. The van der Waals surface area contributed by atoms with Crippen LogP contribution in [0.15, 0.2) is 54.6 Å². The number of fused-ring (bicyclic) bond motifs is 1. The Morgan fingerprint density at radius 2 is 1.66 bits per heavy atom. The number of halogens is 1. The van der Waals surface area contributed by atoms with Gasteiger partial charge in [-0.2, -0.15) is 0 Å². The Kier molecular flexibility index (Phi) is 5.40. The number of benzene rings is 2. The summed E-state index contributed by atoms with van der Waals surface area (Å²) in [6.45, 7) is 2.24. The van der Waals surface area contributed by atoms with Crippen molar-refractivity contribution in [3.63, 3.8) is 0 Å². The Bertz CT molecular complexity index is 1140. The van der Waals surface area contributed by atoms with E-state index in [2.05, 4.69) is 10.3 Å². The lowest BCUT2D eigenvalue weighted by Gasteiger charge is -2.34. The molecular weight excluding hydrogens is 413 g/mol. The normalized spacial score (nSPS) is 18.3. The average Bonchev–Trinajstić information content (AvgIpc) is 3.27. The summed E-state index contributed by atoms with van der Waals surface area (Å²) in [6, 6.07) is 15.5. The molecule has 5 rings (SSSR count). The highest BCUT2D eigenvalue weighted by atomic mass is 19.1. The standard InChI is InChI=1S/C23H22FN5O3/c24-18-8-4-7-17(13-18)22(30)27-9-11-28(12-10-27)23(31)21-19-15-32-20(14-29(19)26-25-21)16-5-2-1-3-6-16/h1-8,13,20H,9-12,14-15H2. The Hall–Kier alpha value is -3.59. The van der Waals surface area contributed by atoms with Crippen molar-refractivity contribution >= 4 is 11.8 Å². The van der Waals surface area contributed by atoms with Crippen molar-refractivity contribution in [2.75, 3.05) is 26.2 Å². The molecule has 164 valence electrons. The van der Waals surface area contributed by atoms with E-state index in [4.69, 9.17) is 4.74 Å². The van der Waals surface area contributed by atoms with Gasteiger partial charge in [-0.3, -0.25) is 9.59 Å². The molecule has 0 saturated carbocycles. The molecule has 0 aliphatic carbocycles. The number of hydrogen-bond acceptors (Lipinski definition) is 5. The molecule has 0 bridgehead atoms. The van der Waals surface area contributed by atoms with Gasteiger partial charge in [0.1, 0.15) is 11.9 Å². The van der Waals surface area contributed by atoms with Gasteiger partial charge in [0.2, 0.25) is 0 Å². The lowest BCUT2D eigenvalue weighted by atomic mass is 10.1. The van der Waals surface area contributed by atoms with Crippen LogP contribution in [0.2, 0.25) is 0 Å². The largest absolute Gasteiger partial charge is 0.365 e. The Morgan fingerprint density at radius 3 is 2.38 bits per heavy atom. The first-order chi connectivity index (χ1) is 15.6. The van der Waals surface area contributed by atoms with Gasteiger partial charge in [0.25, 0.3) is 11.8 Å². The molecule has 0 radical (unpaired) electrons. The summed E-state index contributed by atoms with van der Waals surface area (Å²) in [5, 5.41) is 8.31. The van der Waals surface area contributed by atoms with Crippen molar-refractivity contribution in [1.29, 1.82) is 0 Å². The number of rotatable bonds is 3. The van der Waals surface area contributed by atoms with Crippen LogP contribution in [-0.2, 0) is 17.9 Å². The highest BCUT2D eigenvalue weighted by molar-refractivity contribution is 5.95. The predicted octanol–water partition coefficient (Wildman–Crippen LogP) is 2.29. The number of amides is 2. The number of carbonyl (C=O) groups excluding carboxylic acids is 2. The van der Waals surface area contributed by atoms with E-state index in [1.807, 2.05) is 30.3 Å². The molecule has 2 aliphatic heterocycles. The molecule has 1 atom stereocenters. The van der Waals surface area contributed by atoms with Gasteiger partial charge in [0.05, 0.1) is 18.8 Å². The molecule has 32 heavy (non-hydrogen) atoms. The first-order valence-corrected chi connectivity index (χ1v) is 10.5.